The van der Waals surface area contributed by atoms with Gasteiger partial charge in [0.25, 0.3) is 0 Å². The molecule has 0 saturated carbocycles. The molecule has 0 aromatic carbocycles. The molecule has 1 rings (SSSR count). The predicted octanol–water partition coefficient (Wildman–Crippen LogP) is 0.555. The Labute approximate surface area is 117 Å². The van der Waals surface area contributed by atoms with E-state index in [0.717, 1.165) is 52.4 Å². The van der Waals surface area contributed by atoms with Crippen LogP contribution in [0, 0.1) is 0 Å². The molecule has 5 nitrogen and oxygen atoms in total. The molecule has 0 bridgehead atoms. The topological polar surface area (TPSA) is 44.8 Å². The fourth-order valence-corrected chi connectivity index (χ4v) is 2.38. The van der Waals surface area contributed by atoms with E-state index in [9.17, 15) is 4.79 Å². The standard InChI is InChI=1S/C14H29N3O2/c1-4-16-9-10-19-13(12-16)11-15-8-7-14(18)17(5-2)6-3/h13,15H,4-12H2,1-3H3. The third-order valence-electron chi connectivity index (χ3n) is 3.67. The summed E-state index contributed by atoms with van der Waals surface area (Å²) in [5, 5.41) is 3.33. The van der Waals surface area contributed by atoms with E-state index in [1.807, 2.05) is 18.7 Å². The Morgan fingerprint density at radius 3 is 2.74 bits per heavy atom. The first-order chi connectivity index (χ1) is 9.21. The first kappa shape index (κ1) is 16.4. The quantitative estimate of drug-likeness (QED) is 0.655. The van der Waals surface area contributed by atoms with Crippen LogP contribution >= 0.6 is 0 Å². The molecule has 112 valence electrons. The normalized spacial score (nSPS) is 20.5. The first-order valence-corrected chi connectivity index (χ1v) is 7.53. The number of hydrogen-bond acceptors (Lipinski definition) is 4. The van der Waals surface area contributed by atoms with Gasteiger partial charge in [-0.3, -0.25) is 9.69 Å². The van der Waals surface area contributed by atoms with Gasteiger partial charge in [-0.2, -0.15) is 0 Å². The maximum absolute atomic E-state index is 11.8. The molecule has 1 aliphatic rings. The van der Waals surface area contributed by atoms with Crippen molar-refractivity contribution in [2.45, 2.75) is 33.3 Å². The van der Waals surface area contributed by atoms with Crippen molar-refractivity contribution in [1.82, 2.24) is 15.1 Å². The van der Waals surface area contributed by atoms with Crippen LogP contribution < -0.4 is 5.32 Å². The van der Waals surface area contributed by atoms with Crippen molar-refractivity contribution in [3.05, 3.63) is 0 Å². The molecule has 1 unspecified atom stereocenters. The van der Waals surface area contributed by atoms with Crippen molar-refractivity contribution < 1.29 is 9.53 Å². The summed E-state index contributed by atoms with van der Waals surface area (Å²) in [4.78, 5) is 16.1. The summed E-state index contributed by atoms with van der Waals surface area (Å²) in [5.41, 5.74) is 0. The highest BCUT2D eigenvalue weighted by molar-refractivity contribution is 5.76. The van der Waals surface area contributed by atoms with Crippen molar-refractivity contribution in [3.63, 3.8) is 0 Å². The molecule has 0 aliphatic carbocycles. The fraction of sp³-hybridized carbons (Fsp3) is 0.929. The molecular formula is C14H29N3O2. The van der Waals surface area contributed by atoms with Gasteiger partial charge in [-0.05, 0) is 20.4 Å². The van der Waals surface area contributed by atoms with Crippen LogP contribution in [0.1, 0.15) is 27.2 Å². The molecule has 1 aliphatic heterocycles. The highest BCUT2D eigenvalue weighted by Crippen LogP contribution is 2.03. The van der Waals surface area contributed by atoms with Gasteiger partial charge < -0.3 is 15.0 Å². The Balaban J connectivity index is 2.11. The molecule has 1 amide bonds. The fourth-order valence-electron chi connectivity index (χ4n) is 2.38. The molecule has 1 heterocycles. The van der Waals surface area contributed by atoms with Crippen molar-refractivity contribution in [3.8, 4) is 0 Å². The molecule has 0 aromatic rings. The van der Waals surface area contributed by atoms with Gasteiger partial charge >= 0.3 is 0 Å². The van der Waals surface area contributed by atoms with Gasteiger partial charge in [0.1, 0.15) is 0 Å². The van der Waals surface area contributed by atoms with Gasteiger partial charge in [-0.25, -0.2) is 0 Å². The van der Waals surface area contributed by atoms with Crippen LogP contribution in [0.25, 0.3) is 0 Å². The van der Waals surface area contributed by atoms with Crippen molar-refractivity contribution in [2.75, 3.05) is 52.4 Å². The van der Waals surface area contributed by atoms with E-state index in [1.54, 1.807) is 0 Å². The van der Waals surface area contributed by atoms with Gasteiger partial charge in [-0.1, -0.05) is 6.92 Å². The Morgan fingerprint density at radius 1 is 1.37 bits per heavy atom. The minimum Gasteiger partial charge on any atom is -0.374 e. The molecule has 5 heteroatoms. The minimum absolute atomic E-state index is 0.234. The van der Waals surface area contributed by atoms with Gasteiger partial charge in [0, 0.05) is 45.7 Å². The Kier molecular flexibility index (Phi) is 8.02. The van der Waals surface area contributed by atoms with E-state index in [-0.39, 0.29) is 12.0 Å². The molecule has 1 N–H and O–H groups in total. The average Bonchev–Trinajstić information content (AvgIpc) is 2.45. The summed E-state index contributed by atoms with van der Waals surface area (Å²) in [6.07, 6.45) is 0.837. The number of carbonyl (C=O) groups is 1. The van der Waals surface area contributed by atoms with Crippen LogP contribution in [0.3, 0.4) is 0 Å². The molecular weight excluding hydrogens is 242 g/mol. The highest BCUT2D eigenvalue weighted by Gasteiger charge is 2.18. The smallest absolute Gasteiger partial charge is 0.223 e. The van der Waals surface area contributed by atoms with Crippen LogP contribution in [0.5, 0.6) is 0 Å². The van der Waals surface area contributed by atoms with Crippen LogP contribution in [0.4, 0.5) is 0 Å². The zero-order valence-electron chi connectivity index (χ0n) is 12.7. The number of hydrogen-bond donors (Lipinski definition) is 1. The number of ether oxygens (including phenoxy) is 1. The minimum atomic E-state index is 0.234. The van der Waals surface area contributed by atoms with E-state index >= 15 is 0 Å². The lowest BCUT2D eigenvalue weighted by atomic mass is 10.2. The van der Waals surface area contributed by atoms with E-state index < -0.39 is 0 Å². The summed E-state index contributed by atoms with van der Waals surface area (Å²) in [5.74, 6) is 0.234. The summed E-state index contributed by atoms with van der Waals surface area (Å²) < 4.78 is 5.71. The molecule has 0 aromatic heterocycles. The second-order valence-corrected chi connectivity index (χ2v) is 4.91. The third kappa shape index (κ3) is 5.89. The van der Waals surface area contributed by atoms with Gasteiger partial charge in [0.05, 0.1) is 12.7 Å². The van der Waals surface area contributed by atoms with E-state index in [4.69, 9.17) is 4.74 Å². The first-order valence-electron chi connectivity index (χ1n) is 7.53. The summed E-state index contributed by atoms with van der Waals surface area (Å²) >= 11 is 0. The van der Waals surface area contributed by atoms with E-state index in [0.29, 0.717) is 6.42 Å². The van der Waals surface area contributed by atoms with Crippen LogP contribution in [0.2, 0.25) is 0 Å². The summed E-state index contributed by atoms with van der Waals surface area (Å²) in [6.45, 7) is 13.3. The van der Waals surface area contributed by atoms with Gasteiger partial charge in [-0.15, -0.1) is 0 Å². The largest absolute Gasteiger partial charge is 0.374 e. The maximum atomic E-state index is 11.8. The number of nitrogens with zero attached hydrogens (tertiary/aromatic N) is 2. The van der Waals surface area contributed by atoms with E-state index in [2.05, 4.69) is 17.1 Å². The number of amides is 1. The number of morpholine rings is 1. The average molecular weight is 271 g/mol. The lowest BCUT2D eigenvalue weighted by Crippen LogP contribution is -2.46. The summed E-state index contributed by atoms with van der Waals surface area (Å²) in [6, 6.07) is 0. The molecule has 19 heavy (non-hydrogen) atoms. The Morgan fingerprint density at radius 2 is 2.11 bits per heavy atom. The highest BCUT2D eigenvalue weighted by atomic mass is 16.5. The lowest BCUT2D eigenvalue weighted by molar-refractivity contribution is -0.130. The number of nitrogens with one attached hydrogen (secondary N) is 1. The molecule has 1 atom stereocenters. The van der Waals surface area contributed by atoms with Crippen LogP contribution in [-0.4, -0.2) is 74.2 Å². The number of likely N-dealkylation sites (N-methyl/N-ethyl adjacent to an activating group) is 1. The van der Waals surface area contributed by atoms with Gasteiger partial charge in [0.15, 0.2) is 0 Å². The second-order valence-electron chi connectivity index (χ2n) is 4.91. The van der Waals surface area contributed by atoms with Crippen molar-refractivity contribution in [2.24, 2.45) is 0 Å². The predicted molar refractivity (Wildman–Crippen MR) is 77.3 cm³/mol. The van der Waals surface area contributed by atoms with Crippen molar-refractivity contribution >= 4 is 5.91 Å². The molecule has 0 radical (unpaired) electrons. The molecule has 1 fully saturated rings. The van der Waals surface area contributed by atoms with Crippen LogP contribution in [-0.2, 0) is 9.53 Å². The van der Waals surface area contributed by atoms with Crippen LogP contribution in [0.15, 0.2) is 0 Å². The lowest BCUT2D eigenvalue weighted by Gasteiger charge is -2.32. The Hall–Kier alpha value is -0.650. The van der Waals surface area contributed by atoms with E-state index in [1.165, 1.54) is 0 Å². The van der Waals surface area contributed by atoms with Gasteiger partial charge in [0.2, 0.25) is 5.91 Å². The maximum Gasteiger partial charge on any atom is 0.223 e. The second kappa shape index (κ2) is 9.28. The number of rotatable bonds is 8. The Bertz CT molecular complexity index is 257. The zero-order valence-corrected chi connectivity index (χ0v) is 12.7. The molecule has 1 saturated heterocycles. The monoisotopic (exact) mass is 271 g/mol. The zero-order chi connectivity index (χ0) is 14.1. The van der Waals surface area contributed by atoms with Crippen molar-refractivity contribution in [1.29, 1.82) is 0 Å². The third-order valence-corrected chi connectivity index (χ3v) is 3.67. The molecule has 0 spiro atoms. The number of carbonyl (C=O) groups excluding carboxylic acids is 1. The SMILES string of the molecule is CCN1CCOC(CNCCC(=O)N(CC)CC)C1. The summed E-state index contributed by atoms with van der Waals surface area (Å²) in [7, 11) is 0.